The third kappa shape index (κ3) is 1.94. The number of amides is 1. The number of aliphatic hydroxyl groups excluding tert-OH is 3. The van der Waals surface area contributed by atoms with Gasteiger partial charge in [-0.3, -0.25) is 9.20 Å². The molecule has 0 aromatic carbocycles. The van der Waals surface area contributed by atoms with E-state index >= 15 is 0 Å². The molecule has 0 radical (unpaired) electrons. The molecule has 24 heavy (non-hydrogen) atoms. The lowest BCUT2D eigenvalue weighted by molar-refractivity contribution is -0.0508. The highest BCUT2D eigenvalue weighted by atomic mass is 16.6. The second kappa shape index (κ2) is 5.24. The Labute approximate surface area is 134 Å². The van der Waals surface area contributed by atoms with E-state index in [-0.39, 0.29) is 5.56 Å². The lowest BCUT2D eigenvalue weighted by Crippen LogP contribution is -2.33. The highest BCUT2D eigenvalue weighted by Crippen LogP contribution is 2.34. The van der Waals surface area contributed by atoms with Crippen LogP contribution in [0.1, 0.15) is 16.6 Å². The molecule has 4 atom stereocenters. The second-order valence-corrected chi connectivity index (χ2v) is 5.64. The van der Waals surface area contributed by atoms with Crippen LogP contribution in [0.25, 0.3) is 16.7 Å². The number of primary amides is 1. The molecule has 0 saturated carbocycles. The molecule has 3 aromatic heterocycles. The molecule has 0 bridgehead atoms. The molecule has 5 N–H and O–H groups in total. The van der Waals surface area contributed by atoms with E-state index in [0.717, 1.165) is 0 Å². The number of rotatable bonds is 3. The lowest BCUT2D eigenvalue weighted by Gasteiger charge is -2.17. The summed E-state index contributed by atoms with van der Waals surface area (Å²) in [5.74, 6) is -0.677. The molecule has 4 rings (SSSR count). The third-order valence-corrected chi connectivity index (χ3v) is 4.26. The number of imidazole rings is 1. The van der Waals surface area contributed by atoms with Crippen LogP contribution < -0.4 is 5.73 Å². The molecule has 0 spiro atoms. The average Bonchev–Trinajstić information content (AvgIpc) is 3.24. The highest BCUT2D eigenvalue weighted by molar-refractivity contribution is 6.10. The Hall–Kier alpha value is -2.53. The maximum Gasteiger partial charge on any atom is 0.251 e. The van der Waals surface area contributed by atoms with Crippen LogP contribution in [-0.4, -0.2) is 65.1 Å². The summed E-state index contributed by atoms with van der Waals surface area (Å²) in [7, 11) is 0. The quantitative estimate of drug-likeness (QED) is 0.451. The molecule has 10 nitrogen and oxygen atoms in total. The summed E-state index contributed by atoms with van der Waals surface area (Å²) < 4.78 is 8.57. The van der Waals surface area contributed by atoms with Gasteiger partial charge in [0, 0.05) is 18.6 Å². The van der Waals surface area contributed by atoms with Crippen LogP contribution in [0, 0.1) is 0 Å². The molecule has 1 aliphatic rings. The Bertz CT molecular complexity index is 934. The number of aliphatic hydroxyl groups is 3. The number of nitrogens with two attached hydrogens (primary N) is 1. The van der Waals surface area contributed by atoms with Gasteiger partial charge in [0.05, 0.1) is 17.6 Å². The minimum absolute atomic E-state index is 0.173. The summed E-state index contributed by atoms with van der Waals surface area (Å²) in [6, 6.07) is 0. The molecule has 1 amide bonds. The molecule has 0 aliphatic carbocycles. The maximum absolute atomic E-state index is 11.8. The molecular formula is C14H15N5O5. The van der Waals surface area contributed by atoms with Crippen molar-refractivity contribution < 1.29 is 24.9 Å². The first-order valence-corrected chi connectivity index (χ1v) is 7.27. The van der Waals surface area contributed by atoms with Crippen molar-refractivity contribution in [3.63, 3.8) is 0 Å². The van der Waals surface area contributed by atoms with E-state index in [1.54, 1.807) is 16.8 Å². The van der Waals surface area contributed by atoms with Gasteiger partial charge in [0.15, 0.2) is 6.23 Å². The first kappa shape index (κ1) is 15.0. The van der Waals surface area contributed by atoms with Gasteiger partial charge in [-0.1, -0.05) is 0 Å². The van der Waals surface area contributed by atoms with Crippen molar-refractivity contribution in [3.05, 3.63) is 30.5 Å². The molecule has 1 saturated heterocycles. The fraction of sp³-hybridized carbons (Fsp3) is 0.357. The van der Waals surface area contributed by atoms with Crippen molar-refractivity contribution in [2.24, 2.45) is 5.73 Å². The molecule has 4 unspecified atom stereocenters. The van der Waals surface area contributed by atoms with Crippen LogP contribution in [0.15, 0.2) is 24.9 Å². The Morgan fingerprint density at radius 2 is 2.08 bits per heavy atom. The summed E-state index contributed by atoms with van der Waals surface area (Å²) in [5.41, 5.74) is 6.45. The van der Waals surface area contributed by atoms with Crippen LogP contribution in [0.5, 0.6) is 0 Å². The predicted octanol–water partition coefficient (Wildman–Crippen LogP) is -1.61. The number of hydrogen-bond acceptors (Lipinski definition) is 7. The largest absolute Gasteiger partial charge is 0.394 e. The predicted molar refractivity (Wildman–Crippen MR) is 80.0 cm³/mol. The van der Waals surface area contributed by atoms with Crippen LogP contribution >= 0.6 is 0 Å². The Morgan fingerprint density at radius 1 is 1.29 bits per heavy atom. The Balaban J connectivity index is 1.95. The minimum atomic E-state index is -1.30. The van der Waals surface area contributed by atoms with Gasteiger partial charge < -0.3 is 30.4 Å². The maximum atomic E-state index is 11.8. The fourth-order valence-corrected chi connectivity index (χ4v) is 3.07. The molecular weight excluding hydrogens is 318 g/mol. The van der Waals surface area contributed by atoms with Crippen molar-refractivity contribution >= 4 is 22.6 Å². The number of fused-ring (bicyclic) bond motifs is 3. The molecule has 4 heterocycles. The average molecular weight is 333 g/mol. The summed E-state index contributed by atoms with van der Waals surface area (Å²) >= 11 is 0. The van der Waals surface area contributed by atoms with Gasteiger partial charge >= 0.3 is 0 Å². The first-order chi connectivity index (χ1) is 11.5. The number of aromatic nitrogens is 4. The monoisotopic (exact) mass is 333 g/mol. The number of carbonyl (C=O) groups is 1. The van der Waals surface area contributed by atoms with Crippen molar-refractivity contribution in [2.75, 3.05) is 6.61 Å². The van der Waals surface area contributed by atoms with Crippen molar-refractivity contribution in [1.82, 2.24) is 18.9 Å². The van der Waals surface area contributed by atoms with Crippen LogP contribution in [-0.2, 0) is 4.74 Å². The summed E-state index contributed by atoms with van der Waals surface area (Å²) in [6.45, 7) is -0.450. The standard InChI is InChI=1S/C14H15N5O5/c15-11(23)6-3-19(14-10(22)9(21)7(4-20)24-14)13-8(6)12-16-1-2-18(12)5-17-13/h1-3,5,7,9-10,14,20-22H,4H2,(H2,15,23). The Kier molecular flexibility index (Phi) is 3.28. The van der Waals surface area contributed by atoms with E-state index in [4.69, 9.17) is 10.5 Å². The first-order valence-electron chi connectivity index (χ1n) is 7.27. The summed E-state index contributed by atoms with van der Waals surface area (Å²) in [6.07, 6.45) is 1.65. The van der Waals surface area contributed by atoms with Crippen molar-refractivity contribution in [3.8, 4) is 0 Å². The topological polar surface area (TPSA) is 148 Å². The Morgan fingerprint density at radius 3 is 2.75 bits per heavy atom. The van der Waals surface area contributed by atoms with Gasteiger partial charge in [-0.2, -0.15) is 0 Å². The normalized spacial score (nSPS) is 27.3. The van der Waals surface area contributed by atoms with Crippen molar-refractivity contribution in [1.29, 1.82) is 0 Å². The van der Waals surface area contributed by atoms with Crippen LogP contribution in [0.3, 0.4) is 0 Å². The van der Waals surface area contributed by atoms with E-state index < -0.39 is 37.1 Å². The molecule has 126 valence electrons. The van der Waals surface area contributed by atoms with E-state index in [1.165, 1.54) is 17.1 Å². The van der Waals surface area contributed by atoms with Gasteiger partial charge in [-0.25, -0.2) is 9.97 Å². The van der Waals surface area contributed by atoms with E-state index in [9.17, 15) is 20.1 Å². The zero-order valence-corrected chi connectivity index (χ0v) is 12.4. The highest BCUT2D eigenvalue weighted by Gasteiger charge is 2.44. The van der Waals surface area contributed by atoms with E-state index in [0.29, 0.717) is 16.7 Å². The lowest BCUT2D eigenvalue weighted by atomic mass is 10.1. The smallest absolute Gasteiger partial charge is 0.251 e. The van der Waals surface area contributed by atoms with E-state index in [2.05, 4.69) is 9.97 Å². The fourth-order valence-electron chi connectivity index (χ4n) is 3.07. The van der Waals surface area contributed by atoms with Crippen molar-refractivity contribution in [2.45, 2.75) is 24.5 Å². The number of nitrogens with zero attached hydrogens (tertiary/aromatic N) is 4. The van der Waals surface area contributed by atoms with E-state index in [1.807, 2.05) is 0 Å². The molecule has 10 heteroatoms. The third-order valence-electron chi connectivity index (χ3n) is 4.26. The number of hydrogen-bond donors (Lipinski definition) is 4. The van der Waals surface area contributed by atoms with Gasteiger partial charge in [0.2, 0.25) is 0 Å². The molecule has 1 fully saturated rings. The zero-order valence-electron chi connectivity index (χ0n) is 12.4. The van der Waals surface area contributed by atoms with Gasteiger partial charge in [-0.05, 0) is 0 Å². The minimum Gasteiger partial charge on any atom is -0.394 e. The second-order valence-electron chi connectivity index (χ2n) is 5.64. The molecule has 1 aliphatic heterocycles. The summed E-state index contributed by atoms with van der Waals surface area (Å²) in [4.78, 5) is 20.3. The van der Waals surface area contributed by atoms with Crippen LogP contribution in [0.2, 0.25) is 0 Å². The number of carbonyl (C=O) groups excluding carboxylic acids is 1. The summed E-state index contributed by atoms with van der Waals surface area (Å²) in [5, 5.41) is 29.8. The number of ether oxygens (including phenoxy) is 1. The SMILES string of the molecule is NC(=O)c1cn(C2OC(CO)C(O)C2O)c2ncn3ccnc3c12. The van der Waals surface area contributed by atoms with Gasteiger partial charge in [0.1, 0.15) is 35.9 Å². The zero-order chi connectivity index (χ0) is 17.0. The van der Waals surface area contributed by atoms with Crippen LogP contribution in [0.4, 0.5) is 0 Å². The molecule has 3 aromatic rings. The van der Waals surface area contributed by atoms with Gasteiger partial charge in [0.25, 0.3) is 5.91 Å². The van der Waals surface area contributed by atoms with Gasteiger partial charge in [-0.15, -0.1) is 0 Å².